The van der Waals surface area contributed by atoms with Gasteiger partial charge >= 0.3 is 0 Å². The summed E-state index contributed by atoms with van der Waals surface area (Å²) < 4.78 is 2.00. The topological polar surface area (TPSA) is 76.0 Å². The van der Waals surface area contributed by atoms with Gasteiger partial charge < -0.3 is 15.2 Å². The molecule has 1 aliphatic carbocycles. The van der Waals surface area contributed by atoms with E-state index in [0.717, 1.165) is 42.5 Å². The highest BCUT2D eigenvalue weighted by molar-refractivity contribution is 5.81. The molecule has 2 N–H and O–H groups in total. The predicted octanol–water partition coefficient (Wildman–Crippen LogP) is 2.02. The van der Waals surface area contributed by atoms with Gasteiger partial charge in [0, 0.05) is 24.9 Å². The zero-order chi connectivity index (χ0) is 17.8. The summed E-state index contributed by atoms with van der Waals surface area (Å²) in [6.45, 7) is 4.68. The van der Waals surface area contributed by atoms with Gasteiger partial charge in [0.05, 0.1) is 11.0 Å². The van der Waals surface area contributed by atoms with E-state index in [2.05, 4.69) is 15.6 Å². The number of benzene rings is 1. The number of imidazole rings is 1. The Morgan fingerprint density at radius 3 is 2.76 bits per heavy atom. The molecule has 0 bridgehead atoms. The van der Waals surface area contributed by atoms with Gasteiger partial charge in [-0.3, -0.25) is 9.59 Å². The molecule has 0 spiro atoms. The van der Waals surface area contributed by atoms with Crippen LogP contribution < -0.4 is 10.6 Å². The molecule has 6 nitrogen and oxygen atoms in total. The minimum Gasteiger partial charge on any atom is -0.356 e. The Hall–Kier alpha value is -2.37. The molecule has 1 saturated carbocycles. The number of nitrogens with zero attached hydrogens (tertiary/aromatic N) is 2. The van der Waals surface area contributed by atoms with Crippen LogP contribution in [0.5, 0.6) is 0 Å². The monoisotopic (exact) mass is 342 g/mol. The molecule has 1 aromatic carbocycles. The molecule has 6 heteroatoms. The summed E-state index contributed by atoms with van der Waals surface area (Å²) in [5.74, 6) is 0.999. The molecule has 0 unspecified atom stereocenters. The second-order valence-corrected chi connectivity index (χ2v) is 6.99. The summed E-state index contributed by atoms with van der Waals surface area (Å²) in [5.41, 5.74) is 1.89. The maximum atomic E-state index is 12.2. The number of aryl methyl sites for hydroxylation is 1. The van der Waals surface area contributed by atoms with Crippen LogP contribution in [0.15, 0.2) is 24.3 Å². The second-order valence-electron chi connectivity index (χ2n) is 6.99. The van der Waals surface area contributed by atoms with E-state index < -0.39 is 0 Å². The fraction of sp³-hybridized carbons (Fsp3) is 0.526. The Kier molecular flexibility index (Phi) is 5.36. The largest absolute Gasteiger partial charge is 0.356 e. The van der Waals surface area contributed by atoms with E-state index in [-0.39, 0.29) is 17.7 Å². The average Bonchev–Trinajstić information content (AvgIpc) is 3.33. The van der Waals surface area contributed by atoms with Crippen LogP contribution in [-0.4, -0.2) is 34.0 Å². The Labute approximate surface area is 148 Å². The van der Waals surface area contributed by atoms with Crippen molar-refractivity contribution in [3.05, 3.63) is 30.1 Å². The number of aromatic nitrogens is 2. The lowest BCUT2D eigenvalue weighted by Crippen LogP contribution is -2.30. The standard InChI is InChI=1S/C19H26N4O2/c1-13(2)19(25)20-11-5-8-17-22-15-6-3-4-7-16(15)23(17)12-18(24)21-14-9-10-14/h3-4,6-7,13-14H,5,8-12H2,1-2H3,(H,20,25)(H,21,24). The van der Waals surface area contributed by atoms with Gasteiger partial charge in [0.1, 0.15) is 12.4 Å². The molecule has 1 aromatic heterocycles. The van der Waals surface area contributed by atoms with Crippen molar-refractivity contribution in [1.29, 1.82) is 0 Å². The van der Waals surface area contributed by atoms with Crippen molar-refractivity contribution in [2.24, 2.45) is 5.92 Å². The number of carbonyl (C=O) groups is 2. The SMILES string of the molecule is CC(C)C(=O)NCCCc1nc2ccccc2n1CC(=O)NC1CC1. The molecule has 1 heterocycles. The van der Waals surface area contributed by atoms with Crippen molar-refractivity contribution in [3.8, 4) is 0 Å². The van der Waals surface area contributed by atoms with Crippen molar-refractivity contribution in [3.63, 3.8) is 0 Å². The van der Waals surface area contributed by atoms with Crippen LogP contribution in [0.1, 0.15) is 38.9 Å². The van der Waals surface area contributed by atoms with Crippen molar-refractivity contribution in [2.75, 3.05) is 6.54 Å². The summed E-state index contributed by atoms with van der Waals surface area (Å²) in [4.78, 5) is 28.5. The molecule has 1 aliphatic rings. The summed E-state index contributed by atoms with van der Waals surface area (Å²) in [7, 11) is 0. The second kappa shape index (κ2) is 7.68. The summed E-state index contributed by atoms with van der Waals surface area (Å²) >= 11 is 0. The van der Waals surface area contributed by atoms with Crippen LogP contribution in [-0.2, 0) is 22.6 Å². The Balaban J connectivity index is 1.66. The molecule has 3 rings (SSSR count). The third-order valence-corrected chi connectivity index (χ3v) is 4.38. The van der Waals surface area contributed by atoms with E-state index in [1.807, 2.05) is 42.7 Å². The summed E-state index contributed by atoms with van der Waals surface area (Å²) in [6, 6.07) is 8.24. The highest BCUT2D eigenvalue weighted by atomic mass is 16.2. The van der Waals surface area contributed by atoms with Crippen LogP contribution in [0.3, 0.4) is 0 Å². The van der Waals surface area contributed by atoms with E-state index in [9.17, 15) is 9.59 Å². The van der Waals surface area contributed by atoms with Gasteiger partial charge in [0.15, 0.2) is 0 Å². The summed E-state index contributed by atoms with van der Waals surface area (Å²) in [6.07, 6.45) is 3.69. The van der Waals surface area contributed by atoms with E-state index in [1.165, 1.54) is 0 Å². The molecule has 0 atom stereocenters. The number of amides is 2. The van der Waals surface area contributed by atoms with E-state index >= 15 is 0 Å². The quantitative estimate of drug-likeness (QED) is 0.721. The molecule has 2 amide bonds. The molecule has 134 valence electrons. The molecular formula is C19H26N4O2. The first-order valence-electron chi connectivity index (χ1n) is 9.06. The fourth-order valence-corrected chi connectivity index (χ4v) is 2.80. The number of fused-ring (bicyclic) bond motifs is 1. The molecule has 0 radical (unpaired) electrons. The van der Waals surface area contributed by atoms with Crippen molar-refractivity contribution in [2.45, 2.75) is 52.1 Å². The molecule has 2 aromatic rings. The van der Waals surface area contributed by atoms with Gasteiger partial charge in [-0.1, -0.05) is 26.0 Å². The maximum Gasteiger partial charge on any atom is 0.240 e. The van der Waals surface area contributed by atoms with E-state index in [1.54, 1.807) is 0 Å². The van der Waals surface area contributed by atoms with Crippen molar-refractivity contribution >= 4 is 22.8 Å². The van der Waals surface area contributed by atoms with Gasteiger partial charge in [-0.2, -0.15) is 0 Å². The maximum absolute atomic E-state index is 12.2. The van der Waals surface area contributed by atoms with Crippen molar-refractivity contribution in [1.82, 2.24) is 20.2 Å². The van der Waals surface area contributed by atoms with Gasteiger partial charge in [-0.25, -0.2) is 4.98 Å². The minimum atomic E-state index is -0.00399. The van der Waals surface area contributed by atoms with Crippen LogP contribution in [0.25, 0.3) is 11.0 Å². The van der Waals surface area contributed by atoms with Crippen molar-refractivity contribution < 1.29 is 9.59 Å². The minimum absolute atomic E-state index is 0.00399. The first-order valence-corrected chi connectivity index (χ1v) is 9.06. The normalized spacial score (nSPS) is 14.0. The smallest absolute Gasteiger partial charge is 0.240 e. The zero-order valence-electron chi connectivity index (χ0n) is 14.9. The van der Waals surface area contributed by atoms with Gasteiger partial charge in [0.2, 0.25) is 11.8 Å². The molecule has 25 heavy (non-hydrogen) atoms. The lowest BCUT2D eigenvalue weighted by atomic mass is 10.2. The predicted molar refractivity (Wildman–Crippen MR) is 97.1 cm³/mol. The highest BCUT2D eigenvalue weighted by Gasteiger charge is 2.24. The average molecular weight is 342 g/mol. The number of carbonyl (C=O) groups excluding carboxylic acids is 2. The lowest BCUT2D eigenvalue weighted by molar-refractivity contribution is -0.124. The number of hydrogen-bond donors (Lipinski definition) is 2. The Morgan fingerprint density at radius 1 is 1.28 bits per heavy atom. The number of rotatable bonds is 8. The van der Waals surface area contributed by atoms with Gasteiger partial charge in [-0.15, -0.1) is 0 Å². The first kappa shape index (κ1) is 17.5. The van der Waals surface area contributed by atoms with E-state index in [0.29, 0.717) is 19.1 Å². The molecule has 0 aliphatic heterocycles. The van der Waals surface area contributed by atoms with Crippen LogP contribution in [0.4, 0.5) is 0 Å². The molecular weight excluding hydrogens is 316 g/mol. The fourth-order valence-electron chi connectivity index (χ4n) is 2.80. The summed E-state index contributed by atoms with van der Waals surface area (Å²) in [5, 5.41) is 5.96. The Morgan fingerprint density at radius 2 is 2.04 bits per heavy atom. The Bertz CT molecular complexity index is 762. The highest BCUT2D eigenvalue weighted by Crippen LogP contribution is 2.20. The number of para-hydroxylation sites is 2. The van der Waals surface area contributed by atoms with Gasteiger partial charge in [-0.05, 0) is 31.4 Å². The van der Waals surface area contributed by atoms with Crippen LogP contribution >= 0.6 is 0 Å². The third-order valence-electron chi connectivity index (χ3n) is 4.38. The first-order chi connectivity index (χ1) is 12.0. The van der Waals surface area contributed by atoms with Crippen LogP contribution in [0.2, 0.25) is 0 Å². The molecule has 1 fully saturated rings. The van der Waals surface area contributed by atoms with E-state index in [4.69, 9.17) is 0 Å². The molecule has 0 saturated heterocycles. The number of hydrogen-bond acceptors (Lipinski definition) is 3. The lowest BCUT2D eigenvalue weighted by Gasteiger charge is -2.10. The van der Waals surface area contributed by atoms with Gasteiger partial charge in [0.25, 0.3) is 0 Å². The zero-order valence-corrected chi connectivity index (χ0v) is 14.9. The third kappa shape index (κ3) is 4.59. The van der Waals surface area contributed by atoms with Crippen LogP contribution in [0, 0.1) is 5.92 Å². The number of nitrogens with one attached hydrogen (secondary N) is 2.